The normalized spacial score (nSPS) is 15.5. The minimum Gasteiger partial charge on any atom is -0.481 e. The highest BCUT2D eigenvalue weighted by atomic mass is 16.4. The Kier molecular flexibility index (Phi) is 8.44. The van der Waals surface area contributed by atoms with E-state index in [4.69, 9.17) is 5.11 Å². The van der Waals surface area contributed by atoms with Crippen LogP contribution in [0.5, 0.6) is 0 Å². The topological polar surface area (TPSA) is 95.5 Å². The quantitative estimate of drug-likeness (QED) is 0.561. The van der Waals surface area contributed by atoms with Crippen molar-refractivity contribution >= 4 is 17.8 Å². The molecule has 6 nitrogen and oxygen atoms in total. The number of carbonyl (C=O) groups excluding carboxylic acids is 2. The molecule has 2 unspecified atom stereocenters. The fourth-order valence-electron chi connectivity index (χ4n) is 2.67. The molecule has 24 heavy (non-hydrogen) atoms. The van der Waals surface area contributed by atoms with Crippen molar-refractivity contribution in [3.05, 3.63) is 0 Å². The van der Waals surface area contributed by atoms with Crippen LogP contribution in [0, 0.1) is 22.7 Å². The van der Waals surface area contributed by atoms with Crippen LogP contribution >= 0.6 is 0 Å². The van der Waals surface area contributed by atoms with Gasteiger partial charge in [0.05, 0.1) is 5.92 Å². The van der Waals surface area contributed by atoms with Gasteiger partial charge in [-0.1, -0.05) is 48.5 Å². The summed E-state index contributed by atoms with van der Waals surface area (Å²) in [7, 11) is 0. The minimum absolute atomic E-state index is 0.0134. The van der Waals surface area contributed by atoms with Crippen LogP contribution in [-0.2, 0) is 14.4 Å². The second kappa shape index (κ2) is 9.04. The molecule has 0 saturated heterocycles. The average molecular weight is 342 g/mol. The summed E-state index contributed by atoms with van der Waals surface area (Å²) in [4.78, 5) is 34.9. The van der Waals surface area contributed by atoms with E-state index in [-0.39, 0.29) is 29.6 Å². The number of hydrogen-bond acceptors (Lipinski definition) is 3. The first-order valence-electron chi connectivity index (χ1n) is 8.57. The van der Waals surface area contributed by atoms with Crippen LogP contribution in [0.15, 0.2) is 0 Å². The fraction of sp³-hybridized carbons (Fsp3) is 0.833. The Morgan fingerprint density at radius 2 is 1.46 bits per heavy atom. The Morgan fingerprint density at radius 1 is 0.958 bits per heavy atom. The number of rotatable bonds is 9. The Bertz CT molecular complexity index is 454. The van der Waals surface area contributed by atoms with E-state index in [0.29, 0.717) is 13.1 Å². The summed E-state index contributed by atoms with van der Waals surface area (Å²) in [6.07, 6.45) is 0.711. The van der Waals surface area contributed by atoms with Gasteiger partial charge in [-0.15, -0.1) is 0 Å². The molecule has 0 aromatic heterocycles. The monoisotopic (exact) mass is 342 g/mol. The van der Waals surface area contributed by atoms with Gasteiger partial charge in [0.1, 0.15) is 0 Å². The highest BCUT2D eigenvalue weighted by Crippen LogP contribution is 2.39. The summed E-state index contributed by atoms with van der Waals surface area (Å²) in [6, 6.07) is 0. The van der Waals surface area contributed by atoms with Gasteiger partial charge in [0.25, 0.3) is 0 Å². The lowest BCUT2D eigenvalue weighted by molar-refractivity contribution is -0.143. The smallest absolute Gasteiger partial charge is 0.306 e. The second-order valence-corrected chi connectivity index (χ2v) is 8.36. The van der Waals surface area contributed by atoms with E-state index in [1.165, 1.54) is 6.92 Å². The van der Waals surface area contributed by atoms with Crippen LogP contribution < -0.4 is 10.6 Å². The van der Waals surface area contributed by atoms with Crippen LogP contribution in [0.3, 0.4) is 0 Å². The van der Waals surface area contributed by atoms with E-state index in [1.807, 2.05) is 20.8 Å². The molecule has 0 aromatic rings. The SMILES string of the molecule is CC(CC(=O)NCCNC(=O)C(C)(CC(C)(C)C)C(C)C)C(=O)O. The minimum atomic E-state index is -0.992. The molecule has 0 aliphatic heterocycles. The van der Waals surface area contributed by atoms with E-state index in [2.05, 4.69) is 31.4 Å². The van der Waals surface area contributed by atoms with Crippen molar-refractivity contribution in [1.82, 2.24) is 10.6 Å². The van der Waals surface area contributed by atoms with Gasteiger partial charge in [0, 0.05) is 24.9 Å². The zero-order valence-electron chi connectivity index (χ0n) is 16.2. The summed E-state index contributed by atoms with van der Waals surface area (Å²) >= 11 is 0. The molecule has 2 amide bonds. The molecule has 2 atom stereocenters. The molecule has 0 aromatic carbocycles. The fourth-order valence-corrected chi connectivity index (χ4v) is 2.67. The van der Waals surface area contributed by atoms with Crippen molar-refractivity contribution in [2.75, 3.05) is 13.1 Å². The molecule has 140 valence electrons. The molecule has 0 heterocycles. The molecule has 0 aliphatic carbocycles. The van der Waals surface area contributed by atoms with E-state index < -0.39 is 17.3 Å². The number of carboxylic acids is 1. The van der Waals surface area contributed by atoms with Gasteiger partial charge in [-0.2, -0.15) is 0 Å². The van der Waals surface area contributed by atoms with Crippen molar-refractivity contribution in [2.24, 2.45) is 22.7 Å². The van der Waals surface area contributed by atoms with Crippen LogP contribution in [0.1, 0.15) is 61.3 Å². The Balaban J connectivity index is 4.41. The maximum atomic E-state index is 12.6. The van der Waals surface area contributed by atoms with Crippen molar-refractivity contribution in [2.45, 2.75) is 61.3 Å². The molecule has 0 spiro atoms. The number of carboxylic acid groups (broad SMARTS) is 1. The lowest BCUT2D eigenvalue weighted by atomic mass is 9.68. The van der Waals surface area contributed by atoms with Gasteiger partial charge in [0.15, 0.2) is 0 Å². The van der Waals surface area contributed by atoms with Crippen LogP contribution in [0.25, 0.3) is 0 Å². The largest absolute Gasteiger partial charge is 0.481 e. The Labute approximate surface area is 145 Å². The van der Waals surface area contributed by atoms with Gasteiger partial charge < -0.3 is 15.7 Å². The van der Waals surface area contributed by atoms with E-state index in [9.17, 15) is 14.4 Å². The van der Waals surface area contributed by atoms with Gasteiger partial charge >= 0.3 is 5.97 Å². The van der Waals surface area contributed by atoms with Crippen molar-refractivity contribution < 1.29 is 19.5 Å². The molecule has 0 bridgehead atoms. The molecule has 0 rings (SSSR count). The maximum Gasteiger partial charge on any atom is 0.306 e. The van der Waals surface area contributed by atoms with Crippen LogP contribution in [0.2, 0.25) is 0 Å². The lowest BCUT2D eigenvalue weighted by Gasteiger charge is -2.37. The summed E-state index contributed by atoms with van der Waals surface area (Å²) in [6.45, 7) is 14.5. The van der Waals surface area contributed by atoms with E-state index in [0.717, 1.165) is 6.42 Å². The van der Waals surface area contributed by atoms with Gasteiger partial charge in [0.2, 0.25) is 11.8 Å². The van der Waals surface area contributed by atoms with Gasteiger partial charge in [-0.25, -0.2) is 0 Å². The molecular weight excluding hydrogens is 308 g/mol. The number of hydrogen-bond donors (Lipinski definition) is 3. The molecule has 0 aliphatic rings. The summed E-state index contributed by atoms with van der Waals surface area (Å²) in [5.41, 5.74) is -0.433. The zero-order chi connectivity index (χ0) is 19.1. The molecule has 6 heteroatoms. The first kappa shape index (κ1) is 22.4. The van der Waals surface area contributed by atoms with Gasteiger partial charge in [-0.05, 0) is 17.8 Å². The number of amides is 2. The zero-order valence-corrected chi connectivity index (χ0v) is 16.2. The van der Waals surface area contributed by atoms with Gasteiger partial charge in [-0.3, -0.25) is 14.4 Å². The van der Waals surface area contributed by atoms with Crippen molar-refractivity contribution in [1.29, 1.82) is 0 Å². The standard InChI is InChI=1S/C18H34N2O4/c1-12(2)18(7,11-17(4,5)6)16(24)20-9-8-19-14(21)10-13(3)15(22)23/h12-13H,8-11H2,1-7H3,(H,19,21)(H,20,24)(H,22,23). The van der Waals surface area contributed by atoms with Crippen molar-refractivity contribution in [3.63, 3.8) is 0 Å². The number of carbonyl (C=O) groups is 3. The highest BCUT2D eigenvalue weighted by Gasteiger charge is 2.39. The molecule has 0 fully saturated rings. The predicted molar refractivity (Wildman–Crippen MR) is 94.5 cm³/mol. The maximum absolute atomic E-state index is 12.6. The third kappa shape index (κ3) is 7.79. The second-order valence-electron chi connectivity index (χ2n) is 8.36. The third-order valence-electron chi connectivity index (χ3n) is 4.34. The lowest BCUT2D eigenvalue weighted by Crippen LogP contribution is -2.46. The third-order valence-corrected chi connectivity index (χ3v) is 4.34. The van der Waals surface area contributed by atoms with Crippen LogP contribution in [-0.4, -0.2) is 36.0 Å². The summed E-state index contributed by atoms with van der Waals surface area (Å²) in [5, 5.41) is 14.3. The highest BCUT2D eigenvalue weighted by molar-refractivity contribution is 5.83. The molecule has 0 radical (unpaired) electrons. The molecule has 3 N–H and O–H groups in total. The van der Waals surface area contributed by atoms with E-state index >= 15 is 0 Å². The van der Waals surface area contributed by atoms with Crippen LogP contribution in [0.4, 0.5) is 0 Å². The average Bonchev–Trinajstić information content (AvgIpc) is 2.40. The Hall–Kier alpha value is -1.59. The number of nitrogens with one attached hydrogen (secondary N) is 2. The van der Waals surface area contributed by atoms with Crippen molar-refractivity contribution in [3.8, 4) is 0 Å². The Morgan fingerprint density at radius 3 is 1.88 bits per heavy atom. The summed E-state index contributed by atoms with van der Waals surface area (Å²) in [5.74, 6) is -1.84. The predicted octanol–water partition coefficient (Wildman–Crippen LogP) is 2.43. The first-order valence-corrected chi connectivity index (χ1v) is 8.57. The molecular formula is C18H34N2O4. The summed E-state index contributed by atoms with van der Waals surface area (Å²) < 4.78 is 0. The molecule has 0 saturated carbocycles. The number of aliphatic carboxylic acids is 1. The van der Waals surface area contributed by atoms with E-state index in [1.54, 1.807) is 0 Å². The first-order chi connectivity index (χ1) is 10.8.